The summed E-state index contributed by atoms with van der Waals surface area (Å²) < 4.78 is 11.0. The summed E-state index contributed by atoms with van der Waals surface area (Å²) in [5.41, 5.74) is 2.59. The molecule has 0 radical (unpaired) electrons. The highest BCUT2D eigenvalue weighted by atomic mass is 16.7. The van der Waals surface area contributed by atoms with Crippen molar-refractivity contribution >= 4 is 0 Å². The zero-order chi connectivity index (χ0) is 15.6. The molecule has 3 aliphatic rings. The van der Waals surface area contributed by atoms with Gasteiger partial charge in [-0.1, -0.05) is 24.3 Å². The van der Waals surface area contributed by atoms with Gasteiger partial charge in [-0.2, -0.15) is 0 Å². The molecule has 0 fully saturated rings. The smallest absolute Gasteiger partial charge is 0.231 e. The van der Waals surface area contributed by atoms with E-state index in [1.807, 2.05) is 36.4 Å². The van der Waals surface area contributed by atoms with Crippen LogP contribution >= 0.6 is 0 Å². The van der Waals surface area contributed by atoms with Gasteiger partial charge in [-0.15, -0.1) is 0 Å². The first-order valence-corrected chi connectivity index (χ1v) is 7.85. The normalized spacial score (nSPS) is 30.3. The summed E-state index contributed by atoms with van der Waals surface area (Å²) in [5.74, 6) is 1.41. The van der Waals surface area contributed by atoms with Crippen LogP contribution in [0.5, 0.6) is 11.5 Å². The Morgan fingerprint density at radius 1 is 1.00 bits per heavy atom. The third kappa shape index (κ3) is 1.57. The second-order valence-electron chi connectivity index (χ2n) is 6.34. The van der Waals surface area contributed by atoms with Gasteiger partial charge in [0.15, 0.2) is 11.5 Å². The number of benzene rings is 2. The average Bonchev–Trinajstić information content (AvgIpc) is 3.12. The van der Waals surface area contributed by atoms with Gasteiger partial charge < -0.3 is 25.0 Å². The second kappa shape index (κ2) is 4.47. The Morgan fingerprint density at radius 3 is 2.35 bits per heavy atom. The molecule has 5 rings (SSSR count). The summed E-state index contributed by atoms with van der Waals surface area (Å²) in [5, 5.41) is 25.4. The van der Waals surface area contributed by atoms with Crippen LogP contribution in [0.25, 0.3) is 0 Å². The van der Waals surface area contributed by atoms with E-state index >= 15 is 0 Å². The molecule has 2 heterocycles. The fourth-order valence-electron chi connectivity index (χ4n) is 4.21. The first kappa shape index (κ1) is 13.4. The van der Waals surface area contributed by atoms with Crippen LogP contribution in [-0.2, 0) is 12.0 Å². The number of ether oxygens (including phenoxy) is 2. The van der Waals surface area contributed by atoms with Crippen molar-refractivity contribution in [2.24, 2.45) is 0 Å². The molecule has 2 unspecified atom stereocenters. The highest BCUT2D eigenvalue weighted by Gasteiger charge is 2.55. The van der Waals surface area contributed by atoms with E-state index in [1.54, 1.807) is 0 Å². The largest absolute Gasteiger partial charge is 0.454 e. The Morgan fingerprint density at radius 2 is 1.65 bits per heavy atom. The fraction of sp³-hybridized carbons (Fsp3) is 0.333. The molecule has 0 aromatic heterocycles. The highest BCUT2D eigenvalue weighted by molar-refractivity contribution is 5.56. The van der Waals surface area contributed by atoms with Crippen molar-refractivity contribution < 1.29 is 19.7 Å². The van der Waals surface area contributed by atoms with Gasteiger partial charge in [-0.3, -0.25) is 0 Å². The number of fused-ring (bicyclic) bond motifs is 4. The minimum atomic E-state index is -0.932. The van der Waals surface area contributed by atoms with E-state index in [2.05, 4.69) is 5.32 Å². The average molecular weight is 311 g/mol. The molecule has 118 valence electrons. The van der Waals surface area contributed by atoms with Crippen molar-refractivity contribution in [3.8, 4) is 11.5 Å². The van der Waals surface area contributed by atoms with Crippen molar-refractivity contribution in [1.29, 1.82) is 0 Å². The minimum absolute atomic E-state index is 0.212. The Kier molecular flexibility index (Phi) is 2.60. The van der Waals surface area contributed by atoms with Gasteiger partial charge in [0.2, 0.25) is 6.79 Å². The van der Waals surface area contributed by atoms with E-state index in [0.29, 0.717) is 12.3 Å². The predicted molar refractivity (Wildman–Crippen MR) is 82.3 cm³/mol. The number of aliphatic hydroxyl groups excluding tert-OH is 2. The third-order valence-electron chi connectivity index (χ3n) is 5.30. The van der Waals surface area contributed by atoms with Crippen LogP contribution in [0, 0.1) is 0 Å². The van der Waals surface area contributed by atoms with Crippen LogP contribution in [-0.4, -0.2) is 23.6 Å². The molecule has 23 heavy (non-hydrogen) atoms. The molecule has 2 aromatic rings. The third-order valence-corrected chi connectivity index (χ3v) is 5.30. The number of hydrogen-bond donors (Lipinski definition) is 3. The van der Waals surface area contributed by atoms with Crippen LogP contribution in [0.15, 0.2) is 36.4 Å². The molecule has 2 aliphatic heterocycles. The van der Waals surface area contributed by atoms with Crippen LogP contribution in [0.4, 0.5) is 0 Å². The first-order valence-electron chi connectivity index (χ1n) is 7.85. The van der Waals surface area contributed by atoms with Crippen molar-refractivity contribution in [2.75, 3.05) is 13.3 Å². The molecule has 0 amide bonds. The van der Waals surface area contributed by atoms with Gasteiger partial charge >= 0.3 is 0 Å². The molecule has 0 saturated carbocycles. The summed E-state index contributed by atoms with van der Waals surface area (Å²) in [4.78, 5) is 0. The van der Waals surface area contributed by atoms with Crippen molar-refractivity contribution in [3.63, 3.8) is 0 Å². The summed E-state index contributed by atoms with van der Waals surface area (Å²) in [6.07, 6.45) is -0.801. The molecule has 2 aromatic carbocycles. The number of nitrogens with one attached hydrogen (secondary N) is 1. The number of rotatable bonds is 0. The highest BCUT2D eigenvalue weighted by Crippen LogP contribution is 2.55. The topological polar surface area (TPSA) is 71.0 Å². The Balaban J connectivity index is 1.74. The van der Waals surface area contributed by atoms with E-state index in [4.69, 9.17) is 9.47 Å². The lowest BCUT2D eigenvalue weighted by molar-refractivity contribution is -0.0221. The monoisotopic (exact) mass is 311 g/mol. The molecule has 1 spiro atoms. The van der Waals surface area contributed by atoms with Gasteiger partial charge in [0.1, 0.15) is 17.7 Å². The Hall–Kier alpha value is -2.08. The summed E-state index contributed by atoms with van der Waals surface area (Å²) >= 11 is 0. The van der Waals surface area contributed by atoms with E-state index in [1.165, 1.54) is 0 Å². The lowest BCUT2D eigenvalue weighted by Crippen LogP contribution is -2.52. The van der Waals surface area contributed by atoms with Gasteiger partial charge in [-0.05, 0) is 40.8 Å². The number of hydrogen-bond acceptors (Lipinski definition) is 5. The summed E-state index contributed by atoms with van der Waals surface area (Å²) in [6, 6.07) is 11.4. The van der Waals surface area contributed by atoms with Gasteiger partial charge in [0.05, 0.1) is 0 Å². The van der Waals surface area contributed by atoms with Gasteiger partial charge in [0.25, 0.3) is 0 Å². The lowest BCUT2D eigenvalue weighted by Gasteiger charge is -2.42. The maximum Gasteiger partial charge on any atom is 0.231 e. The number of aliphatic hydroxyl groups is 2. The maximum absolute atomic E-state index is 11.0. The molecular formula is C18H17NO4. The molecule has 2 atom stereocenters. The van der Waals surface area contributed by atoms with E-state index in [0.717, 1.165) is 34.4 Å². The molecule has 5 nitrogen and oxygen atoms in total. The van der Waals surface area contributed by atoms with Crippen molar-refractivity contribution in [2.45, 2.75) is 24.2 Å². The first-order chi connectivity index (χ1) is 11.2. The SMILES string of the molecule is OC1c2ccccc2C(O)C12NCCc1cc3c(cc12)OCO3. The minimum Gasteiger partial charge on any atom is -0.454 e. The molecule has 3 N–H and O–H groups in total. The van der Waals surface area contributed by atoms with Gasteiger partial charge in [-0.25, -0.2) is 0 Å². The van der Waals surface area contributed by atoms with E-state index in [-0.39, 0.29) is 6.79 Å². The standard InChI is InChI=1S/C18H17NO4/c20-16-11-3-1-2-4-12(11)17(21)18(16)13-8-15-14(22-9-23-15)7-10(13)5-6-19-18/h1-4,7-8,16-17,19-21H,5-6,9H2. The van der Waals surface area contributed by atoms with Gasteiger partial charge in [0, 0.05) is 6.54 Å². The summed E-state index contributed by atoms with van der Waals surface area (Å²) in [6.45, 7) is 0.902. The van der Waals surface area contributed by atoms with Crippen LogP contribution in [0.2, 0.25) is 0 Å². The molecular weight excluding hydrogens is 294 g/mol. The van der Waals surface area contributed by atoms with Crippen LogP contribution < -0.4 is 14.8 Å². The quantitative estimate of drug-likeness (QED) is 0.688. The van der Waals surface area contributed by atoms with E-state index < -0.39 is 17.7 Å². The zero-order valence-electron chi connectivity index (χ0n) is 12.5. The molecule has 0 bridgehead atoms. The zero-order valence-corrected chi connectivity index (χ0v) is 12.5. The fourth-order valence-corrected chi connectivity index (χ4v) is 4.21. The van der Waals surface area contributed by atoms with E-state index in [9.17, 15) is 10.2 Å². The molecule has 5 heteroatoms. The van der Waals surface area contributed by atoms with Crippen LogP contribution in [0.1, 0.15) is 34.5 Å². The Bertz CT molecular complexity index is 775. The predicted octanol–water partition coefficient (Wildman–Crippen LogP) is 1.54. The summed E-state index contributed by atoms with van der Waals surface area (Å²) in [7, 11) is 0. The second-order valence-corrected chi connectivity index (χ2v) is 6.34. The lowest BCUT2D eigenvalue weighted by atomic mass is 9.77. The maximum atomic E-state index is 11.0. The Labute approximate surface area is 133 Å². The van der Waals surface area contributed by atoms with Crippen molar-refractivity contribution in [1.82, 2.24) is 5.32 Å². The molecule has 0 saturated heterocycles. The van der Waals surface area contributed by atoms with Crippen LogP contribution in [0.3, 0.4) is 0 Å². The van der Waals surface area contributed by atoms with Crippen molar-refractivity contribution in [3.05, 3.63) is 58.7 Å². The molecule has 1 aliphatic carbocycles.